The maximum Gasteiger partial charge on any atom is 0.214 e. The van der Waals surface area contributed by atoms with Gasteiger partial charge < -0.3 is 4.90 Å². The van der Waals surface area contributed by atoms with Gasteiger partial charge >= 0.3 is 0 Å². The molecular weight excluding hydrogens is 298 g/mol. The quantitative estimate of drug-likeness (QED) is 0.920. The van der Waals surface area contributed by atoms with Crippen LogP contribution in [0.15, 0.2) is 18.5 Å². The Balaban J connectivity index is 1.58. The Morgan fingerprint density at radius 3 is 2.55 bits per heavy atom. The molecule has 2 heterocycles. The molecule has 20 heavy (non-hydrogen) atoms. The van der Waals surface area contributed by atoms with Crippen molar-refractivity contribution in [2.45, 2.75) is 37.0 Å². The lowest BCUT2D eigenvalue weighted by molar-refractivity contribution is 0.459. The molecule has 0 spiro atoms. The number of rotatable bonds is 4. The lowest BCUT2D eigenvalue weighted by Gasteiger charge is -2.34. The van der Waals surface area contributed by atoms with Crippen LogP contribution in [0.1, 0.15) is 25.7 Å². The van der Waals surface area contributed by atoms with E-state index in [1.54, 1.807) is 12.4 Å². The zero-order valence-corrected chi connectivity index (χ0v) is 12.7. The van der Waals surface area contributed by atoms with Gasteiger partial charge in [0.2, 0.25) is 10.0 Å². The maximum atomic E-state index is 11.9. The summed E-state index contributed by atoms with van der Waals surface area (Å²) in [5, 5.41) is 0.500. The van der Waals surface area contributed by atoms with E-state index < -0.39 is 10.0 Å². The fraction of sp³-hybridized carbons (Fsp3) is 0.615. The highest BCUT2D eigenvalue weighted by Crippen LogP contribution is 2.30. The standard InChI is InChI=1S/C13H18ClN3O2S/c14-12-9-15-6-3-13(12)17-7-4-10(5-8-17)16-20(18,19)11-1-2-11/h3,6,9-11,16H,1-2,4-5,7-8H2. The Kier molecular flexibility index (Phi) is 3.88. The number of pyridine rings is 1. The number of aromatic nitrogens is 1. The highest BCUT2D eigenvalue weighted by molar-refractivity contribution is 7.90. The van der Waals surface area contributed by atoms with E-state index >= 15 is 0 Å². The normalized spacial score (nSPS) is 21.1. The van der Waals surface area contributed by atoms with Gasteiger partial charge in [0, 0.05) is 31.5 Å². The summed E-state index contributed by atoms with van der Waals surface area (Å²) in [6.07, 6.45) is 6.60. The van der Waals surface area contributed by atoms with Crippen molar-refractivity contribution in [3.8, 4) is 0 Å². The van der Waals surface area contributed by atoms with Gasteiger partial charge in [-0.2, -0.15) is 0 Å². The molecule has 2 fully saturated rings. The maximum absolute atomic E-state index is 11.9. The number of nitrogens with one attached hydrogen (secondary N) is 1. The van der Waals surface area contributed by atoms with E-state index in [2.05, 4.69) is 14.6 Å². The minimum Gasteiger partial charge on any atom is -0.370 e. The first-order valence-corrected chi connectivity index (χ1v) is 8.84. The summed E-state index contributed by atoms with van der Waals surface area (Å²) in [5.74, 6) is 0. The molecule has 7 heteroatoms. The lowest BCUT2D eigenvalue weighted by Crippen LogP contribution is -2.45. The second-order valence-corrected chi connectivity index (χ2v) is 7.85. The Labute approximate surface area is 124 Å². The van der Waals surface area contributed by atoms with Gasteiger partial charge in [0.05, 0.1) is 16.0 Å². The molecule has 0 radical (unpaired) electrons. The van der Waals surface area contributed by atoms with Crippen LogP contribution in [0.4, 0.5) is 5.69 Å². The van der Waals surface area contributed by atoms with Crippen molar-refractivity contribution in [2.24, 2.45) is 0 Å². The second kappa shape index (κ2) is 5.50. The number of halogens is 1. The average Bonchev–Trinajstić information content (AvgIpc) is 3.25. The van der Waals surface area contributed by atoms with Gasteiger partial charge in [0.25, 0.3) is 0 Å². The molecule has 0 aromatic carbocycles. The van der Waals surface area contributed by atoms with Gasteiger partial charge in [-0.05, 0) is 31.7 Å². The molecule has 1 N–H and O–H groups in total. The van der Waals surface area contributed by atoms with E-state index in [0.29, 0.717) is 5.02 Å². The van der Waals surface area contributed by atoms with Crippen LogP contribution in [0.25, 0.3) is 0 Å². The Morgan fingerprint density at radius 1 is 1.25 bits per heavy atom. The van der Waals surface area contributed by atoms with Crippen molar-refractivity contribution < 1.29 is 8.42 Å². The number of sulfonamides is 1. The van der Waals surface area contributed by atoms with Crippen molar-refractivity contribution in [3.63, 3.8) is 0 Å². The largest absolute Gasteiger partial charge is 0.370 e. The van der Waals surface area contributed by atoms with Crippen LogP contribution in [0.5, 0.6) is 0 Å². The molecule has 1 aromatic heterocycles. The van der Waals surface area contributed by atoms with E-state index in [1.165, 1.54) is 0 Å². The SMILES string of the molecule is O=S(=O)(NC1CCN(c2ccncc2Cl)CC1)C1CC1. The van der Waals surface area contributed by atoms with Gasteiger partial charge in [-0.25, -0.2) is 13.1 Å². The summed E-state index contributed by atoms with van der Waals surface area (Å²) in [7, 11) is -3.08. The first kappa shape index (κ1) is 14.1. The van der Waals surface area contributed by atoms with Crippen LogP contribution in [0.2, 0.25) is 5.02 Å². The summed E-state index contributed by atoms with van der Waals surface area (Å²) in [6.45, 7) is 1.61. The molecule has 0 unspecified atom stereocenters. The molecule has 1 aromatic rings. The monoisotopic (exact) mass is 315 g/mol. The molecule has 0 amide bonds. The van der Waals surface area contributed by atoms with Gasteiger partial charge in [0.15, 0.2) is 0 Å². The molecule has 0 atom stereocenters. The van der Waals surface area contributed by atoms with Crippen molar-refractivity contribution in [1.82, 2.24) is 9.71 Å². The van der Waals surface area contributed by atoms with Crippen molar-refractivity contribution >= 4 is 27.3 Å². The van der Waals surface area contributed by atoms with Crippen LogP contribution >= 0.6 is 11.6 Å². The molecule has 5 nitrogen and oxygen atoms in total. The van der Waals surface area contributed by atoms with E-state index in [9.17, 15) is 8.42 Å². The molecular formula is C13H18ClN3O2S. The molecule has 1 aliphatic carbocycles. The zero-order chi connectivity index (χ0) is 14.2. The third-order valence-electron chi connectivity index (χ3n) is 3.88. The van der Waals surface area contributed by atoms with Gasteiger partial charge in [-0.15, -0.1) is 0 Å². The number of nitrogens with zero attached hydrogens (tertiary/aromatic N) is 2. The number of hydrogen-bond acceptors (Lipinski definition) is 4. The third kappa shape index (κ3) is 3.07. The molecule has 0 bridgehead atoms. The molecule has 1 aliphatic heterocycles. The minimum atomic E-state index is -3.08. The first-order valence-electron chi connectivity index (χ1n) is 6.92. The third-order valence-corrected chi connectivity index (χ3v) is 6.18. The van der Waals surface area contributed by atoms with Gasteiger partial charge in [-0.1, -0.05) is 11.6 Å². The van der Waals surface area contributed by atoms with E-state index in [1.807, 2.05) is 6.07 Å². The Hall–Kier alpha value is -0.850. The summed E-state index contributed by atoms with van der Waals surface area (Å²) in [4.78, 5) is 6.17. The Bertz CT molecular complexity index is 581. The van der Waals surface area contributed by atoms with Crippen LogP contribution in [0.3, 0.4) is 0 Å². The van der Waals surface area contributed by atoms with Gasteiger partial charge in [0.1, 0.15) is 0 Å². The van der Waals surface area contributed by atoms with Gasteiger partial charge in [-0.3, -0.25) is 4.98 Å². The zero-order valence-electron chi connectivity index (χ0n) is 11.1. The minimum absolute atomic E-state index is 0.0532. The molecule has 1 saturated carbocycles. The van der Waals surface area contributed by atoms with E-state index in [4.69, 9.17) is 11.6 Å². The first-order chi connectivity index (χ1) is 9.56. The highest BCUT2D eigenvalue weighted by atomic mass is 35.5. The topological polar surface area (TPSA) is 62.3 Å². The van der Waals surface area contributed by atoms with Crippen molar-refractivity contribution in [2.75, 3.05) is 18.0 Å². The summed E-state index contributed by atoms with van der Waals surface area (Å²) in [5.41, 5.74) is 0.977. The van der Waals surface area contributed by atoms with Crippen LogP contribution < -0.4 is 9.62 Å². The predicted octanol–water partition coefficient (Wildman–Crippen LogP) is 1.79. The van der Waals surface area contributed by atoms with Crippen LogP contribution in [-0.4, -0.2) is 37.8 Å². The average molecular weight is 316 g/mol. The number of piperidine rings is 1. The van der Waals surface area contributed by atoms with Crippen molar-refractivity contribution in [3.05, 3.63) is 23.5 Å². The van der Waals surface area contributed by atoms with Crippen LogP contribution in [0, 0.1) is 0 Å². The van der Waals surface area contributed by atoms with Crippen molar-refractivity contribution in [1.29, 1.82) is 0 Å². The molecule has 1 saturated heterocycles. The summed E-state index contributed by atoms with van der Waals surface area (Å²) >= 11 is 6.13. The molecule has 3 rings (SSSR count). The molecule has 110 valence electrons. The fourth-order valence-corrected chi connectivity index (χ4v) is 4.46. The second-order valence-electron chi connectivity index (χ2n) is 5.45. The Morgan fingerprint density at radius 2 is 1.95 bits per heavy atom. The van der Waals surface area contributed by atoms with E-state index in [0.717, 1.165) is 44.5 Å². The predicted molar refractivity (Wildman–Crippen MR) is 79.6 cm³/mol. The number of hydrogen-bond donors (Lipinski definition) is 1. The van der Waals surface area contributed by atoms with E-state index in [-0.39, 0.29) is 11.3 Å². The smallest absolute Gasteiger partial charge is 0.214 e. The lowest BCUT2D eigenvalue weighted by atomic mass is 10.1. The number of anilines is 1. The summed E-state index contributed by atoms with van der Waals surface area (Å²) < 4.78 is 26.7. The fourth-order valence-electron chi connectivity index (χ4n) is 2.57. The highest BCUT2D eigenvalue weighted by Gasteiger charge is 2.37. The summed E-state index contributed by atoms with van der Waals surface area (Å²) in [6, 6.07) is 1.95. The molecule has 2 aliphatic rings. The van der Waals surface area contributed by atoms with Crippen LogP contribution in [-0.2, 0) is 10.0 Å².